The molecule has 0 heterocycles. The fourth-order valence-electron chi connectivity index (χ4n) is 1.93. The summed E-state index contributed by atoms with van der Waals surface area (Å²) in [6.45, 7) is 4.69. The number of alkyl halides is 1. The zero-order chi connectivity index (χ0) is 14.4. The second-order valence-electron chi connectivity index (χ2n) is 4.40. The third-order valence-corrected chi connectivity index (χ3v) is 4.58. The first kappa shape index (κ1) is 16.4. The summed E-state index contributed by atoms with van der Waals surface area (Å²) >= 11 is 9.22. The maximum atomic E-state index is 13.7. The van der Waals surface area contributed by atoms with Gasteiger partial charge in [-0.05, 0) is 18.1 Å². The van der Waals surface area contributed by atoms with Gasteiger partial charge < -0.3 is 5.32 Å². The molecule has 5 heteroatoms. The fraction of sp³-hybridized carbons (Fsp3) is 0.500. The van der Waals surface area contributed by atoms with Crippen LogP contribution in [0.5, 0.6) is 0 Å². The van der Waals surface area contributed by atoms with Crippen LogP contribution in [0.1, 0.15) is 37.0 Å². The first-order valence-corrected chi connectivity index (χ1v) is 7.66. The Morgan fingerprint density at radius 3 is 2.63 bits per heavy atom. The highest BCUT2D eigenvalue weighted by Crippen LogP contribution is 2.20. The molecular formula is C14H18BrClFNO. The SMILES string of the molecule is CCC(CC)C(Br)CNC(=O)c1cccc(Cl)c1F. The second-order valence-corrected chi connectivity index (χ2v) is 5.99. The van der Waals surface area contributed by atoms with E-state index in [1.807, 2.05) is 0 Å². The van der Waals surface area contributed by atoms with E-state index in [1.54, 1.807) is 6.07 Å². The number of hydrogen-bond donors (Lipinski definition) is 1. The Labute approximate surface area is 126 Å². The Hall–Kier alpha value is -0.610. The van der Waals surface area contributed by atoms with Gasteiger partial charge in [-0.2, -0.15) is 0 Å². The topological polar surface area (TPSA) is 29.1 Å². The lowest BCUT2D eigenvalue weighted by Gasteiger charge is -2.20. The third kappa shape index (κ3) is 4.46. The number of carbonyl (C=O) groups excluding carboxylic acids is 1. The van der Waals surface area contributed by atoms with Crippen LogP contribution in [0.15, 0.2) is 18.2 Å². The molecule has 0 fully saturated rings. The minimum atomic E-state index is -0.671. The van der Waals surface area contributed by atoms with Crippen LogP contribution in [-0.4, -0.2) is 17.3 Å². The van der Waals surface area contributed by atoms with E-state index in [2.05, 4.69) is 35.1 Å². The lowest BCUT2D eigenvalue weighted by Crippen LogP contribution is -2.33. The van der Waals surface area contributed by atoms with Crippen LogP contribution in [0.25, 0.3) is 0 Å². The number of nitrogens with one attached hydrogen (secondary N) is 1. The van der Waals surface area contributed by atoms with Crippen LogP contribution in [0.4, 0.5) is 4.39 Å². The largest absolute Gasteiger partial charge is 0.351 e. The molecule has 1 aromatic carbocycles. The summed E-state index contributed by atoms with van der Waals surface area (Å²) < 4.78 is 13.7. The van der Waals surface area contributed by atoms with E-state index in [4.69, 9.17) is 11.6 Å². The summed E-state index contributed by atoms with van der Waals surface area (Å²) in [4.78, 5) is 12.1. The molecule has 2 nitrogen and oxygen atoms in total. The van der Waals surface area contributed by atoms with Crippen molar-refractivity contribution in [3.8, 4) is 0 Å². The molecule has 0 aliphatic rings. The van der Waals surface area contributed by atoms with Crippen molar-refractivity contribution in [3.63, 3.8) is 0 Å². The van der Waals surface area contributed by atoms with Crippen molar-refractivity contribution < 1.29 is 9.18 Å². The van der Waals surface area contributed by atoms with Crippen LogP contribution in [-0.2, 0) is 0 Å². The van der Waals surface area contributed by atoms with Crippen molar-refractivity contribution in [2.75, 3.05) is 6.54 Å². The predicted octanol–water partition coefficient (Wildman–Crippen LogP) is 4.41. The number of halogens is 3. The molecule has 1 amide bonds. The van der Waals surface area contributed by atoms with Gasteiger partial charge in [0, 0.05) is 11.4 Å². The Kier molecular flexibility index (Phi) is 6.80. The molecule has 1 aromatic rings. The standard InChI is InChI=1S/C14H18BrClFNO/c1-3-9(4-2)11(15)8-18-14(19)10-6-5-7-12(16)13(10)17/h5-7,9,11H,3-4,8H2,1-2H3,(H,18,19). The van der Waals surface area contributed by atoms with Crippen molar-refractivity contribution >= 4 is 33.4 Å². The van der Waals surface area contributed by atoms with Crippen LogP contribution in [0.2, 0.25) is 5.02 Å². The van der Waals surface area contributed by atoms with Crippen molar-refractivity contribution in [2.45, 2.75) is 31.5 Å². The quantitative estimate of drug-likeness (QED) is 0.757. The minimum Gasteiger partial charge on any atom is -0.351 e. The van der Waals surface area contributed by atoms with E-state index in [0.717, 1.165) is 12.8 Å². The highest BCUT2D eigenvalue weighted by Gasteiger charge is 2.18. The molecule has 0 spiro atoms. The van der Waals surface area contributed by atoms with Crippen LogP contribution >= 0.6 is 27.5 Å². The molecule has 0 radical (unpaired) electrons. The van der Waals surface area contributed by atoms with Gasteiger partial charge in [0.1, 0.15) is 0 Å². The molecule has 0 aromatic heterocycles. The Morgan fingerprint density at radius 2 is 2.05 bits per heavy atom. The van der Waals surface area contributed by atoms with Gasteiger partial charge in [0.05, 0.1) is 10.6 Å². The molecule has 0 saturated heterocycles. The van der Waals surface area contributed by atoms with Crippen LogP contribution in [0, 0.1) is 11.7 Å². The summed E-state index contributed by atoms with van der Waals surface area (Å²) in [5, 5.41) is 2.69. The molecule has 1 N–H and O–H groups in total. The van der Waals surface area contributed by atoms with E-state index in [-0.39, 0.29) is 15.4 Å². The molecule has 0 saturated carbocycles. The van der Waals surface area contributed by atoms with Crippen molar-refractivity contribution in [3.05, 3.63) is 34.6 Å². The highest BCUT2D eigenvalue weighted by atomic mass is 79.9. The molecule has 1 unspecified atom stereocenters. The van der Waals surface area contributed by atoms with E-state index < -0.39 is 11.7 Å². The second kappa shape index (κ2) is 7.85. The van der Waals surface area contributed by atoms with Crippen molar-refractivity contribution in [1.82, 2.24) is 5.32 Å². The summed E-state index contributed by atoms with van der Waals surface area (Å²) in [5.74, 6) is -0.616. The highest BCUT2D eigenvalue weighted by molar-refractivity contribution is 9.09. The lowest BCUT2D eigenvalue weighted by molar-refractivity contribution is 0.0948. The van der Waals surface area contributed by atoms with Gasteiger partial charge in [0.15, 0.2) is 5.82 Å². The Morgan fingerprint density at radius 1 is 1.42 bits per heavy atom. The Bertz CT molecular complexity index is 437. The zero-order valence-corrected chi connectivity index (χ0v) is 13.4. The van der Waals surface area contributed by atoms with Gasteiger partial charge in [-0.1, -0.05) is 60.3 Å². The lowest BCUT2D eigenvalue weighted by atomic mass is 9.99. The van der Waals surface area contributed by atoms with Crippen LogP contribution < -0.4 is 5.32 Å². The number of amides is 1. The summed E-state index contributed by atoms with van der Waals surface area (Å²) in [5.41, 5.74) is -0.0169. The summed E-state index contributed by atoms with van der Waals surface area (Å²) in [6.07, 6.45) is 2.07. The molecule has 19 heavy (non-hydrogen) atoms. The number of rotatable bonds is 6. The molecule has 0 aliphatic heterocycles. The average molecular weight is 351 g/mol. The molecule has 106 valence electrons. The summed E-state index contributed by atoms with van der Waals surface area (Å²) in [7, 11) is 0. The van der Waals surface area contributed by atoms with E-state index in [0.29, 0.717) is 12.5 Å². The average Bonchev–Trinajstić information content (AvgIpc) is 2.40. The number of hydrogen-bond acceptors (Lipinski definition) is 1. The van der Waals surface area contributed by atoms with Gasteiger partial charge in [0.2, 0.25) is 0 Å². The normalized spacial score (nSPS) is 12.5. The molecule has 0 bridgehead atoms. The van der Waals surface area contributed by atoms with E-state index in [1.165, 1.54) is 12.1 Å². The van der Waals surface area contributed by atoms with Crippen LogP contribution in [0.3, 0.4) is 0 Å². The van der Waals surface area contributed by atoms with E-state index in [9.17, 15) is 9.18 Å². The maximum Gasteiger partial charge on any atom is 0.254 e. The fourth-order valence-corrected chi connectivity index (χ4v) is 3.02. The third-order valence-electron chi connectivity index (χ3n) is 3.21. The monoisotopic (exact) mass is 349 g/mol. The molecule has 1 atom stereocenters. The molecule has 0 aliphatic carbocycles. The first-order chi connectivity index (χ1) is 9.01. The smallest absolute Gasteiger partial charge is 0.254 e. The number of benzene rings is 1. The Balaban J connectivity index is 2.63. The number of carbonyl (C=O) groups is 1. The minimum absolute atomic E-state index is 0.0169. The van der Waals surface area contributed by atoms with Crippen molar-refractivity contribution in [1.29, 1.82) is 0 Å². The van der Waals surface area contributed by atoms with Gasteiger partial charge in [-0.25, -0.2) is 4.39 Å². The van der Waals surface area contributed by atoms with Gasteiger partial charge in [-0.3, -0.25) is 4.79 Å². The summed E-state index contributed by atoms with van der Waals surface area (Å²) in [6, 6.07) is 4.41. The van der Waals surface area contributed by atoms with Gasteiger partial charge >= 0.3 is 0 Å². The van der Waals surface area contributed by atoms with Gasteiger partial charge in [-0.15, -0.1) is 0 Å². The first-order valence-electron chi connectivity index (χ1n) is 6.37. The van der Waals surface area contributed by atoms with E-state index >= 15 is 0 Å². The molecule has 1 rings (SSSR count). The molecular weight excluding hydrogens is 333 g/mol. The predicted molar refractivity (Wildman–Crippen MR) is 80.5 cm³/mol. The maximum absolute atomic E-state index is 13.7. The zero-order valence-electron chi connectivity index (χ0n) is 11.1. The van der Waals surface area contributed by atoms with Gasteiger partial charge in [0.25, 0.3) is 5.91 Å². The van der Waals surface area contributed by atoms with Crippen molar-refractivity contribution in [2.24, 2.45) is 5.92 Å².